The number of aromatic nitrogens is 1. The number of ether oxygens (including phenoxy) is 3. The van der Waals surface area contributed by atoms with E-state index in [9.17, 15) is 0 Å². The molecule has 5 heteroatoms. The second-order valence-electron chi connectivity index (χ2n) is 4.53. The third-order valence-electron chi connectivity index (χ3n) is 3.18. The van der Waals surface area contributed by atoms with Gasteiger partial charge in [-0.1, -0.05) is 13.0 Å². The Kier molecular flexibility index (Phi) is 5.00. The van der Waals surface area contributed by atoms with Crippen LogP contribution in [-0.2, 0) is 0 Å². The second kappa shape index (κ2) is 6.95. The van der Waals surface area contributed by atoms with Crippen LogP contribution in [0.4, 0.5) is 0 Å². The lowest BCUT2D eigenvalue weighted by Gasteiger charge is -2.14. The van der Waals surface area contributed by atoms with Crippen LogP contribution in [0.3, 0.4) is 0 Å². The lowest BCUT2D eigenvalue weighted by atomic mass is 10.1. The molecule has 0 amide bonds. The molecule has 0 saturated heterocycles. The van der Waals surface area contributed by atoms with Crippen LogP contribution >= 0.6 is 0 Å². The normalized spacial score (nSPS) is 11.8. The van der Waals surface area contributed by atoms with Crippen molar-refractivity contribution < 1.29 is 14.2 Å². The third-order valence-corrected chi connectivity index (χ3v) is 3.18. The van der Waals surface area contributed by atoms with E-state index >= 15 is 0 Å². The molecule has 1 atom stereocenters. The number of methoxy groups -OCH3 is 2. The Bertz CT molecular complexity index is 562. The van der Waals surface area contributed by atoms with Gasteiger partial charge in [-0.25, -0.2) is 0 Å². The highest BCUT2D eigenvalue weighted by atomic mass is 16.5. The van der Waals surface area contributed by atoms with E-state index in [1.54, 1.807) is 20.4 Å². The molecule has 2 rings (SSSR count). The molecule has 0 aliphatic heterocycles. The molecular formula is C16H20N2O3. The highest BCUT2D eigenvalue weighted by molar-refractivity contribution is 5.52. The van der Waals surface area contributed by atoms with Gasteiger partial charge in [-0.3, -0.25) is 4.98 Å². The molecule has 5 nitrogen and oxygen atoms in total. The number of nitrogens with two attached hydrogens (primary N) is 1. The van der Waals surface area contributed by atoms with Crippen LogP contribution < -0.4 is 19.9 Å². The van der Waals surface area contributed by atoms with Gasteiger partial charge in [-0.05, 0) is 30.7 Å². The average Bonchev–Trinajstić information content (AvgIpc) is 2.55. The Labute approximate surface area is 124 Å². The van der Waals surface area contributed by atoms with Crippen LogP contribution in [0.5, 0.6) is 23.0 Å². The fraction of sp³-hybridized carbons (Fsp3) is 0.312. The fourth-order valence-corrected chi connectivity index (χ4v) is 1.92. The van der Waals surface area contributed by atoms with Crippen LogP contribution in [0, 0.1) is 0 Å². The number of hydrogen-bond acceptors (Lipinski definition) is 5. The minimum atomic E-state index is -0.0557. The van der Waals surface area contributed by atoms with Crippen LogP contribution in [0.2, 0.25) is 0 Å². The van der Waals surface area contributed by atoms with Crippen molar-refractivity contribution in [1.29, 1.82) is 0 Å². The maximum atomic E-state index is 5.94. The first-order chi connectivity index (χ1) is 10.2. The Morgan fingerprint density at radius 1 is 1.10 bits per heavy atom. The van der Waals surface area contributed by atoms with Gasteiger partial charge < -0.3 is 19.9 Å². The maximum absolute atomic E-state index is 5.94. The average molecular weight is 288 g/mol. The Morgan fingerprint density at radius 3 is 2.24 bits per heavy atom. The van der Waals surface area contributed by atoms with Gasteiger partial charge in [-0.2, -0.15) is 0 Å². The minimum Gasteiger partial charge on any atom is -0.493 e. The first-order valence-electron chi connectivity index (χ1n) is 6.80. The van der Waals surface area contributed by atoms with Crippen molar-refractivity contribution in [2.45, 2.75) is 19.4 Å². The van der Waals surface area contributed by atoms with E-state index in [0.29, 0.717) is 23.0 Å². The Hall–Kier alpha value is -2.27. The van der Waals surface area contributed by atoms with Gasteiger partial charge >= 0.3 is 0 Å². The van der Waals surface area contributed by atoms with E-state index in [1.165, 1.54) is 0 Å². The van der Waals surface area contributed by atoms with Crippen LogP contribution in [0.15, 0.2) is 36.5 Å². The molecule has 0 aliphatic carbocycles. The SMILES string of the molecule is CC[C@H](N)c1ccc(Oc2c(OC)cccc2OC)cn1. The summed E-state index contributed by atoms with van der Waals surface area (Å²) in [6.07, 6.45) is 2.49. The van der Waals surface area contributed by atoms with Gasteiger partial charge in [0, 0.05) is 6.04 Å². The summed E-state index contributed by atoms with van der Waals surface area (Å²) in [6, 6.07) is 9.11. The van der Waals surface area contributed by atoms with Crippen LogP contribution in [0.1, 0.15) is 25.1 Å². The van der Waals surface area contributed by atoms with Crippen molar-refractivity contribution in [3.63, 3.8) is 0 Å². The molecule has 0 aliphatic rings. The molecule has 0 fully saturated rings. The third kappa shape index (κ3) is 3.44. The summed E-state index contributed by atoms with van der Waals surface area (Å²) < 4.78 is 16.4. The highest BCUT2D eigenvalue weighted by Gasteiger charge is 2.13. The van der Waals surface area contributed by atoms with E-state index in [1.807, 2.05) is 37.3 Å². The molecule has 1 heterocycles. The fourth-order valence-electron chi connectivity index (χ4n) is 1.92. The number of benzene rings is 1. The van der Waals surface area contributed by atoms with Crippen LogP contribution in [0.25, 0.3) is 0 Å². The molecule has 0 radical (unpaired) electrons. The van der Waals surface area contributed by atoms with Crippen molar-refractivity contribution in [2.24, 2.45) is 5.73 Å². The Morgan fingerprint density at radius 2 is 1.76 bits per heavy atom. The Balaban J connectivity index is 2.26. The van der Waals surface area contributed by atoms with Gasteiger partial charge in [0.2, 0.25) is 5.75 Å². The van der Waals surface area contributed by atoms with Crippen molar-refractivity contribution in [3.8, 4) is 23.0 Å². The maximum Gasteiger partial charge on any atom is 0.211 e. The predicted molar refractivity (Wildman–Crippen MR) is 81.1 cm³/mol. The first-order valence-corrected chi connectivity index (χ1v) is 6.80. The van der Waals surface area contributed by atoms with Gasteiger partial charge in [-0.15, -0.1) is 0 Å². The molecule has 2 N–H and O–H groups in total. The van der Waals surface area contributed by atoms with E-state index in [4.69, 9.17) is 19.9 Å². The summed E-state index contributed by atoms with van der Waals surface area (Å²) in [4.78, 5) is 4.32. The molecule has 0 spiro atoms. The van der Waals surface area contributed by atoms with Crippen molar-refractivity contribution in [3.05, 3.63) is 42.2 Å². The van der Waals surface area contributed by atoms with Gasteiger partial charge in [0.1, 0.15) is 5.75 Å². The smallest absolute Gasteiger partial charge is 0.211 e. The number of hydrogen-bond donors (Lipinski definition) is 1. The van der Waals surface area contributed by atoms with E-state index in [-0.39, 0.29) is 6.04 Å². The summed E-state index contributed by atoms with van der Waals surface area (Å²) in [6.45, 7) is 2.02. The van der Waals surface area contributed by atoms with Gasteiger partial charge in [0.05, 0.1) is 26.1 Å². The summed E-state index contributed by atoms with van der Waals surface area (Å²) >= 11 is 0. The minimum absolute atomic E-state index is 0.0557. The summed E-state index contributed by atoms with van der Waals surface area (Å²) in [7, 11) is 3.17. The summed E-state index contributed by atoms with van der Waals surface area (Å²) in [5.41, 5.74) is 6.79. The quantitative estimate of drug-likeness (QED) is 0.883. The molecule has 112 valence electrons. The molecule has 0 bridgehead atoms. The monoisotopic (exact) mass is 288 g/mol. The first kappa shape index (κ1) is 15.1. The lowest BCUT2D eigenvalue weighted by Crippen LogP contribution is -2.10. The van der Waals surface area contributed by atoms with E-state index in [0.717, 1.165) is 12.1 Å². The van der Waals surface area contributed by atoms with Crippen molar-refractivity contribution in [1.82, 2.24) is 4.98 Å². The molecular weight excluding hydrogens is 268 g/mol. The molecule has 2 aromatic rings. The zero-order valence-corrected chi connectivity index (χ0v) is 12.5. The summed E-state index contributed by atoms with van der Waals surface area (Å²) in [5.74, 6) is 2.33. The second-order valence-corrected chi connectivity index (χ2v) is 4.53. The summed E-state index contributed by atoms with van der Waals surface area (Å²) in [5, 5.41) is 0. The molecule has 1 aromatic carbocycles. The highest BCUT2D eigenvalue weighted by Crippen LogP contribution is 2.39. The molecule has 1 aromatic heterocycles. The zero-order chi connectivity index (χ0) is 15.2. The van der Waals surface area contributed by atoms with E-state index in [2.05, 4.69) is 4.98 Å². The standard InChI is InChI=1S/C16H20N2O3/c1-4-12(17)13-9-8-11(10-18-13)21-16-14(19-2)6-5-7-15(16)20-3/h5-10,12H,4,17H2,1-3H3/t12-/m0/s1. The van der Waals surface area contributed by atoms with E-state index < -0.39 is 0 Å². The molecule has 0 saturated carbocycles. The number of nitrogens with zero attached hydrogens (tertiary/aromatic N) is 1. The van der Waals surface area contributed by atoms with Gasteiger partial charge in [0.25, 0.3) is 0 Å². The number of rotatable bonds is 6. The number of para-hydroxylation sites is 1. The predicted octanol–water partition coefficient (Wildman–Crippen LogP) is 3.30. The lowest BCUT2D eigenvalue weighted by molar-refractivity contribution is 0.346. The topological polar surface area (TPSA) is 66.6 Å². The number of pyridine rings is 1. The zero-order valence-electron chi connectivity index (χ0n) is 12.5. The largest absolute Gasteiger partial charge is 0.493 e. The van der Waals surface area contributed by atoms with Crippen LogP contribution in [-0.4, -0.2) is 19.2 Å². The van der Waals surface area contributed by atoms with Crippen molar-refractivity contribution in [2.75, 3.05) is 14.2 Å². The van der Waals surface area contributed by atoms with Crippen molar-refractivity contribution >= 4 is 0 Å². The molecule has 21 heavy (non-hydrogen) atoms. The van der Waals surface area contributed by atoms with Gasteiger partial charge in [0.15, 0.2) is 11.5 Å². The molecule has 0 unspecified atom stereocenters.